The van der Waals surface area contributed by atoms with Crippen LogP contribution in [0.3, 0.4) is 0 Å². The number of nitriles is 1. The van der Waals surface area contributed by atoms with E-state index in [0.717, 1.165) is 16.8 Å². The summed E-state index contributed by atoms with van der Waals surface area (Å²) < 4.78 is 52.2. The summed E-state index contributed by atoms with van der Waals surface area (Å²) in [4.78, 5) is -0.206. The number of alkyl halides is 6. The van der Waals surface area contributed by atoms with Gasteiger partial charge >= 0.3 is 10.3 Å². The maximum atomic E-state index is 13.5. The summed E-state index contributed by atoms with van der Waals surface area (Å²) in [6, 6.07) is 3.29. The number of hydrogen-bond donors (Lipinski definition) is 1. The lowest BCUT2D eigenvalue weighted by Gasteiger charge is -2.13. The molecule has 0 aliphatic heterocycles. The van der Waals surface area contributed by atoms with Gasteiger partial charge in [-0.3, -0.25) is 0 Å². The minimum atomic E-state index is -4.96. The Labute approximate surface area is 167 Å². The third-order valence-electron chi connectivity index (χ3n) is 2.64. The lowest BCUT2D eigenvalue weighted by Crippen LogP contribution is -2.17. The number of benzene rings is 1. The molecule has 0 fully saturated rings. The van der Waals surface area contributed by atoms with Gasteiger partial charge in [-0.05, 0) is 11.8 Å². The van der Waals surface area contributed by atoms with E-state index in [4.69, 9.17) is 57.4 Å². The van der Waals surface area contributed by atoms with E-state index in [-0.39, 0.29) is 43.9 Å². The Balaban J connectivity index is 2.58. The molecule has 0 radical (unpaired) electrons. The Bertz CT molecular complexity index is 868. The maximum absolute atomic E-state index is 13.5. The van der Waals surface area contributed by atoms with Crippen LogP contribution in [0, 0.1) is 11.3 Å². The first-order chi connectivity index (χ1) is 11.8. The molecule has 0 saturated carbocycles. The fourth-order valence-electron chi connectivity index (χ4n) is 1.81. The van der Waals surface area contributed by atoms with Gasteiger partial charge in [0.05, 0.1) is 14.9 Å². The van der Waals surface area contributed by atoms with Gasteiger partial charge in [0.2, 0.25) is 0 Å². The van der Waals surface area contributed by atoms with Crippen molar-refractivity contribution in [1.29, 1.82) is 5.26 Å². The molecule has 0 bridgehead atoms. The Morgan fingerprint density at radius 1 is 1.19 bits per heavy atom. The first-order valence-corrected chi connectivity index (χ1v) is 8.44. The SMILES string of the molecule is N#Cc1nn(-c2c(Cl)cc(OC(F)(F)F)cc2Cl)c(N)c1SC(F)(Cl)Cl. The summed E-state index contributed by atoms with van der Waals surface area (Å²) in [5.74, 6) is -0.982. The number of anilines is 1. The molecule has 0 unspecified atom stereocenters. The van der Waals surface area contributed by atoms with Crippen LogP contribution < -0.4 is 10.5 Å². The second kappa shape index (κ2) is 7.40. The molecule has 0 atom stereocenters. The van der Waals surface area contributed by atoms with Gasteiger partial charge in [-0.15, -0.1) is 13.2 Å². The monoisotopic (exact) mass is 468 g/mol. The van der Waals surface area contributed by atoms with Gasteiger partial charge in [-0.1, -0.05) is 46.4 Å². The summed E-state index contributed by atoms with van der Waals surface area (Å²) >= 11 is 22.6. The van der Waals surface area contributed by atoms with Crippen molar-refractivity contribution in [2.75, 3.05) is 5.73 Å². The van der Waals surface area contributed by atoms with Gasteiger partial charge < -0.3 is 10.5 Å². The van der Waals surface area contributed by atoms with Gasteiger partial charge in [-0.2, -0.15) is 14.8 Å². The van der Waals surface area contributed by atoms with Gasteiger partial charge in [0.15, 0.2) is 5.69 Å². The quantitative estimate of drug-likeness (QED) is 0.354. The number of halogens is 8. The fraction of sp³-hybridized carbons (Fsp3) is 0.167. The molecule has 1 heterocycles. The number of nitrogen functional groups attached to an aromatic ring is 1. The topological polar surface area (TPSA) is 76.9 Å². The van der Waals surface area contributed by atoms with E-state index in [0.29, 0.717) is 0 Å². The Morgan fingerprint density at radius 3 is 2.15 bits per heavy atom. The van der Waals surface area contributed by atoms with Crippen molar-refractivity contribution in [1.82, 2.24) is 9.78 Å². The molecule has 1 aromatic heterocycles. The zero-order chi connectivity index (χ0) is 19.9. The molecule has 0 aliphatic rings. The van der Waals surface area contributed by atoms with E-state index in [1.165, 1.54) is 0 Å². The zero-order valence-electron chi connectivity index (χ0n) is 11.9. The molecule has 2 aromatic rings. The van der Waals surface area contributed by atoms with Crippen LogP contribution in [0.4, 0.5) is 23.4 Å². The highest BCUT2D eigenvalue weighted by Gasteiger charge is 2.33. The lowest BCUT2D eigenvalue weighted by atomic mass is 10.3. The lowest BCUT2D eigenvalue weighted by molar-refractivity contribution is -0.274. The predicted octanol–water partition coefficient (Wildman–Crippen LogP) is 5.68. The van der Waals surface area contributed by atoms with E-state index in [9.17, 15) is 17.6 Å². The standard InChI is InChI=1S/C12H4Cl4F4N4OS/c13-5-1-4(25-12(18,19)20)2-6(14)8(5)24-10(22)9(7(3-21)23-24)26-11(15,16)17/h1-2H,22H2. The second-order valence-electron chi connectivity index (χ2n) is 4.42. The molecule has 0 aliphatic carbocycles. The molecular formula is C12H4Cl4F4N4OS. The highest BCUT2D eigenvalue weighted by atomic mass is 35.5. The molecule has 2 N–H and O–H groups in total. The fourth-order valence-corrected chi connectivity index (χ4v) is 3.51. The van der Waals surface area contributed by atoms with Gasteiger partial charge in [0.1, 0.15) is 23.3 Å². The van der Waals surface area contributed by atoms with Crippen molar-refractivity contribution >= 4 is 64.0 Å². The molecule has 14 heteroatoms. The highest BCUT2D eigenvalue weighted by Crippen LogP contribution is 2.46. The summed E-state index contributed by atoms with van der Waals surface area (Å²) in [7, 11) is 0. The van der Waals surface area contributed by atoms with Crippen LogP contribution in [0.15, 0.2) is 17.0 Å². The van der Waals surface area contributed by atoms with E-state index >= 15 is 0 Å². The number of thioether (sulfide) groups is 1. The van der Waals surface area contributed by atoms with Crippen molar-refractivity contribution in [2.24, 2.45) is 0 Å². The Morgan fingerprint density at radius 2 is 1.73 bits per heavy atom. The summed E-state index contributed by atoms with van der Waals surface area (Å²) in [6.07, 6.45) is -4.96. The number of hydrogen-bond acceptors (Lipinski definition) is 5. The van der Waals surface area contributed by atoms with E-state index in [1.54, 1.807) is 6.07 Å². The largest absolute Gasteiger partial charge is 0.573 e. The van der Waals surface area contributed by atoms with Crippen molar-refractivity contribution < 1.29 is 22.3 Å². The van der Waals surface area contributed by atoms with Crippen LogP contribution in [-0.4, -0.2) is 20.1 Å². The third kappa shape index (κ3) is 4.92. The summed E-state index contributed by atoms with van der Waals surface area (Å²) in [5, 5.41) is 12.3. The van der Waals surface area contributed by atoms with Crippen LogP contribution in [0.5, 0.6) is 5.75 Å². The van der Waals surface area contributed by atoms with E-state index < -0.39 is 16.0 Å². The molecule has 0 saturated heterocycles. The number of aromatic nitrogens is 2. The minimum absolute atomic E-state index is 0.155. The van der Waals surface area contributed by atoms with Gasteiger partial charge in [0, 0.05) is 12.1 Å². The van der Waals surface area contributed by atoms with Crippen LogP contribution in [0.2, 0.25) is 10.0 Å². The zero-order valence-corrected chi connectivity index (χ0v) is 15.8. The maximum Gasteiger partial charge on any atom is 0.573 e. The normalized spacial score (nSPS) is 12.1. The van der Waals surface area contributed by atoms with Crippen LogP contribution in [-0.2, 0) is 0 Å². The van der Waals surface area contributed by atoms with Crippen molar-refractivity contribution in [3.05, 3.63) is 27.9 Å². The highest BCUT2D eigenvalue weighted by molar-refractivity contribution is 8.03. The number of rotatable bonds is 4. The molecule has 2 rings (SSSR count). The number of ether oxygens (including phenoxy) is 1. The Kier molecular flexibility index (Phi) is 5.99. The van der Waals surface area contributed by atoms with Gasteiger partial charge in [0.25, 0.3) is 0 Å². The number of nitrogens with two attached hydrogens (primary N) is 1. The average Bonchev–Trinajstić information content (AvgIpc) is 2.72. The molecule has 0 amide bonds. The van der Waals surface area contributed by atoms with Crippen molar-refractivity contribution in [3.63, 3.8) is 0 Å². The smallest absolute Gasteiger partial charge is 0.406 e. The minimum Gasteiger partial charge on any atom is -0.406 e. The molecular weight excluding hydrogens is 466 g/mol. The Hall–Kier alpha value is -1.25. The van der Waals surface area contributed by atoms with Gasteiger partial charge in [-0.25, -0.2) is 4.68 Å². The van der Waals surface area contributed by atoms with Crippen molar-refractivity contribution in [3.8, 4) is 17.5 Å². The third-order valence-corrected chi connectivity index (χ3v) is 4.51. The predicted molar refractivity (Wildman–Crippen MR) is 90.8 cm³/mol. The second-order valence-corrected chi connectivity index (χ2v) is 8.09. The summed E-state index contributed by atoms with van der Waals surface area (Å²) in [6.45, 7) is 0. The first-order valence-electron chi connectivity index (χ1n) is 6.12. The molecule has 5 nitrogen and oxygen atoms in total. The average molecular weight is 470 g/mol. The molecule has 26 heavy (non-hydrogen) atoms. The number of nitrogens with zero attached hydrogens (tertiary/aromatic N) is 3. The molecule has 0 spiro atoms. The summed E-state index contributed by atoms with van der Waals surface area (Å²) in [5.41, 5.74) is 5.31. The van der Waals surface area contributed by atoms with Crippen molar-refractivity contribution in [2.45, 2.75) is 15.2 Å². The van der Waals surface area contributed by atoms with E-state index in [2.05, 4.69) is 9.84 Å². The molecule has 140 valence electrons. The first kappa shape index (κ1) is 21.1. The molecule has 1 aromatic carbocycles. The van der Waals surface area contributed by atoms with Crippen LogP contribution >= 0.6 is 58.2 Å². The van der Waals surface area contributed by atoms with Crippen LogP contribution in [0.1, 0.15) is 5.69 Å². The van der Waals surface area contributed by atoms with Crippen LogP contribution in [0.25, 0.3) is 5.69 Å². The van der Waals surface area contributed by atoms with E-state index in [1.807, 2.05) is 0 Å².